The van der Waals surface area contributed by atoms with Gasteiger partial charge in [0.05, 0.1) is 24.1 Å². The van der Waals surface area contributed by atoms with Gasteiger partial charge >= 0.3 is 0 Å². The number of anilines is 1. The zero-order chi connectivity index (χ0) is 22.3. The number of nitrogens with one attached hydrogen (secondary N) is 1. The van der Waals surface area contributed by atoms with E-state index in [1.807, 2.05) is 43.3 Å². The highest BCUT2D eigenvalue weighted by molar-refractivity contribution is 5.95. The molecular formula is C25H27N3O3. The minimum absolute atomic E-state index is 0.00530. The van der Waals surface area contributed by atoms with E-state index in [2.05, 4.69) is 38.2 Å². The van der Waals surface area contributed by atoms with Gasteiger partial charge in [-0.15, -0.1) is 0 Å². The molecule has 0 aliphatic heterocycles. The fraction of sp³-hybridized carbons (Fsp3) is 0.280. The van der Waals surface area contributed by atoms with Gasteiger partial charge in [0.25, 0.3) is 5.56 Å². The number of rotatable bonds is 4. The highest BCUT2D eigenvalue weighted by atomic mass is 16.3. The molecule has 0 aliphatic carbocycles. The van der Waals surface area contributed by atoms with Crippen molar-refractivity contribution in [3.8, 4) is 5.69 Å². The van der Waals surface area contributed by atoms with Crippen LogP contribution in [0, 0.1) is 6.92 Å². The van der Waals surface area contributed by atoms with Crippen LogP contribution in [0.1, 0.15) is 37.6 Å². The van der Waals surface area contributed by atoms with Gasteiger partial charge in [0.15, 0.2) is 0 Å². The maximum absolute atomic E-state index is 13.0. The Hall–Kier alpha value is -3.54. The van der Waals surface area contributed by atoms with Gasteiger partial charge in [-0.05, 0) is 42.2 Å². The molecule has 31 heavy (non-hydrogen) atoms. The average Bonchev–Trinajstić information content (AvgIpc) is 3.22. The zero-order valence-electron chi connectivity index (χ0n) is 18.5. The van der Waals surface area contributed by atoms with Crippen molar-refractivity contribution in [3.63, 3.8) is 0 Å². The molecule has 1 amide bonds. The van der Waals surface area contributed by atoms with E-state index in [-0.39, 0.29) is 23.3 Å². The number of nitrogens with zero attached hydrogens (tertiary/aromatic N) is 2. The van der Waals surface area contributed by atoms with Crippen LogP contribution in [0.5, 0.6) is 0 Å². The van der Waals surface area contributed by atoms with Crippen molar-refractivity contribution < 1.29 is 9.21 Å². The summed E-state index contributed by atoms with van der Waals surface area (Å²) in [5, 5.41) is 3.75. The summed E-state index contributed by atoms with van der Waals surface area (Å²) < 4.78 is 8.94. The number of aromatic nitrogens is 2. The molecule has 160 valence electrons. The molecule has 6 nitrogen and oxygen atoms in total. The summed E-state index contributed by atoms with van der Waals surface area (Å²) in [6.45, 7) is 8.27. The number of carbonyl (C=O) groups excluding carboxylic acids is 1. The Morgan fingerprint density at radius 3 is 2.48 bits per heavy atom. The normalized spacial score (nSPS) is 11.8. The second kappa shape index (κ2) is 7.61. The van der Waals surface area contributed by atoms with E-state index < -0.39 is 0 Å². The summed E-state index contributed by atoms with van der Waals surface area (Å²) in [5.41, 5.74) is 4.19. The Kier molecular flexibility index (Phi) is 5.09. The standard InChI is InChI=1S/C25H27N3O3/c1-16-23(24(30)28(27(16)5)19-9-7-6-8-10-19)26-22(29)13-17-15-31-21-12-11-18(14-20(17)21)25(2,3)4/h6-12,14-15H,13H2,1-5H3,(H,26,29). The zero-order valence-corrected chi connectivity index (χ0v) is 18.5. The third kappa shape index (κ3) is 3.81. The van der Waals surface area contributed by atoms with E-state index in [4.69, 9.17) is 4.42 Å². The molecular weight excluding hydrogens is 390 g/mol. The van der Waals surface area contributed by atoms with Gasteiger partial charge in [0.2, 0.25) is 5.91 Å². The number of carbonyl (C=O) groups is 1. The van der Waals surface area contributed by atoms with Gasteiger partial charge in [-0.1, -0.05) is 45.0 Å². The first kappa shape index (κ1) is 20.7. The number of hydrogen-bond acceptors (Lipinski definition) is 3. The van der Waals surface area contributed by atoms with Crippen LogP contribution in [-0.2, 0) is 23.7 Å². The van der Waals surface area contributed by atoms with Crippen LogP contribution in [0.4, 0.5) is 5.69 Å². The maximum Gasteiger partial charge on any atom is 0.295 e. The number of para-hydroxylation sites is 1. The highest BCUT2D eigenvalue weighted by Crippen LogP contribution is 2.29. The first-order valence-electron chi connectivity index (χ1n) is 10.3. The van der Waals surface area contributed by atoms with E-state index >= 15 is 0 Å². The SMILES string of the molecule is Cc1c(NC(=O)Cc2coc3ccc(C(C)(C)C)cc23)c(=O)n(-c2ccccc2)n1C. The lowest BCUT2D eigenvalue weighted by molar-refractivity contribution is -0.115. The molecule has 2 heterocycles. The fourth-order valence-corrected chi connectivity index (χ4v) is 3.75. The van der Waals surface area contributed by atoms with Gasteiger partial charge < -0.3 is 9.73 Å². The van der Waals surface area contributed by atoms with Crippen molar-refractivity contribution in [1.82, 2.24) is 9.36 Å². The number of amides is 1. The number of hydrogen-bond donors (Lipinski definition) is 1. The van der Waals surface area contributed by atoms with Crippen LogP contribution in [0.2, 0.25) is 0 Å². The Balaban J connectivity index is 1.63. The van der Waals surface area contributed by atoms with Crippen LogP contribution in [0.3, 0.4) is 0 Å². The Morgan fingerprint density at radius 1 is 1.10 bits per heavy atom. The molecule has 4 aromatic rings. The molecule has 0 fully saturated rings. The van der Waals surface area contributed by atoms with Gasteiger partial charge in [0, 0.05) is 18.0 Å². The Labute approximate surface area is 181 Å². The second-order valence-electron chi connectivity index (χ2n) is 8.88. The van der Waals surface area contributed by atoms with E-state index in [1.54, 1.807) is 22.7 Å². The van der Waals surface area contributed by atoms with Gasteiger partial charge in [-0.3, -0.25) is 14.3 Å². The molecule has 1 N–H and O–H groups in total. The largest absolute Gasteiger partial charge is 0.464 e. The van der Waals surface area contributed by atoms with Crippen LogP contribution in [0.15, 0.2) is 64.0 Å². The molecule has 0 spiro atoms. The van der Waals surface area contributed by atoms with Crippen LogP contribution < -0.4 is 10.9 Å². The van der Waals surface area contributed by atoms with Crippen molar-refractivity contribution in [2.24, 2.45) is 7.05 Å². The Morgan fingerprint density at radius 2 is 1.81 bits per heavy atom. The molecule has 0 atom stereocenters. The smallest absolute Gasteiger partial charge is 0.295 e. The molecule has 2 aromatic carbocycles. The average molecular weight is 418 g/mol. The minimum atomic E-state index is -0.258. The van der Waals surface area contributed by atoms with Crippen LogP contribution in [0.25, 0.3) is 16.7 Å². The van der Waals surface area contributed by atoms with Crippen molar-refractivity contribution in [2.75, 3.05) is 5.32 Å². The molecule has 0 saturated carbocycles. The predicted molar refractivity (Wildman–Crippen MR) is 123 cm³/mol. The van der Waals surface area contributed by atoms with E-state index in [1.165, 1.54) is 5.56 Å². The molecule has 0 aliphatic rings. The van der Waals surface area contributed by atoms with E-state index in [0.717, 1.165) is 22.2 Å². The fourth-order valence-electron chi connectivity index (χ4n) is 3.75. The molecule has 0 saturated heterocycles. The summed E-state index contributed by atoms with van der Waals surface area (Å²) in [6, 6.07) is 15.4. The molecule has 0 unspecified atom stereocenters. The molecule has 4 rings (SSSR count). The summed E-state index contributed by atoms with van der Waals surface area (Å²) in [6.07, 6.45) is 1.75. The topological polar surface area (TPSA) is 69.2 Å². The van der Waals surface area contributed by atoms with Crippen molar-refractivity contribution >= 4 is 22.6 Å². The lowest BCUT2D eigenvalue weighted by Gasteiger charge is -2.18. The monoisotopic (exact) mass is 417 g/mol. The number of furan rings is 1. The third-order valence-electron chi connectivity index (χ3n) is 5.69. The Bertz CT molecular complexity index is 1320. The first-order valence-corrected chi connectivity index (χ1v) is 10.3. The second-order valence-corrected chi connectivity index (χ2v) is 8.88. The minimum Gasteiger partial charge on any atom is -0.464 e. The van der Waals surface area contributed by atoms with Gasteiger partial charge in [0.1, 0.15) is 11.3 Å². The molecule has 0 bridgehead atoms. The third-order valence-corrected chi connectivity index (χ3v) is 5.69. The maximum atomic E-state index is 13.0. The van der Waals surface area contributed by atoms with Crippen molar-refractivity contribution in [3.05, 3.63) is 82.0 Å². The lowest BCUT2D eigenvalue weighted by atomic mass is 9.86. The number of fused-ring (bicyclic) bond motifs is 1. The molecule has 6 heteroatoms. The predicted octanol–water partition coefficient (Wildman–Crippen LogP) is 4.71. The van der Waals surface area contributed by atoms with Gasteiger partial charge in [-0.25, -0.2) is 4.68 Å². The first-order chi connectivity index (χ1) is 14.7. The summed E-state index contributed by atoms with van der Waals surface area (Å²) >= 11 is 0. The van der Waals surface area contributed by atoms with Crippen LogP contribution >= 0.6 is 0 Å². The molecule has 0 radical (unpaired) electrons. The van der Waals surface area contributed by atoms with Crippen molar-refractivity contribution in [1.29, 1.82) is 0 Å². The van der Waals surface area contributed by atoms with E-state index in [0.29, 0.717) is 11.4 Å². The summed E-state index contributed by atoms with van der Waals surface area (Å²) in [7, 11) is 1.80. The number of benzene rings is 2. The van der Waals surface area contributed by atoms with Crippen molar-refractivity contribution in [2.45, 2.75) is 39.5 Å². The quantitative estimate of drug-likeness (QED) is 0.523. The van der Waals surface area contributed by atoms with Gasteiger partial charge in [-0.2, -0.15) is 0 Å². The summed E-state index contributed by atoms with van der Waals surface area (Å²) in [5.74, 6) is -0.255. The van der Waals surface area contributed by atoms with E-state index in [9.17, 15) is 9.59 Å². The highest BCUT2D eigenvalue weighted by Gasteiger charge is 2.20. The van der Waals surface area contributed by atoms with Crippen LogP contribution in [-0.4, -0.2) is 15.3 Å². The lowest BCUT2D eigenvalue weighted by Crippen LogP contribution is -2.23. The summed E-state index contributed by atoms with van der Waals surface area (Å²) in [4.78, 5) is 25.9. The molecule has 2 aromatic heterocycles.